The van der Waals surface area contributed by atoms with Gasteiger partial charge in [-0.1, -0.05) is 12.1 Å². The summed E-state index contributed by atoms with van der Waals surface area (Å²) in [5.74, 6) is -2.22. The lowest BCUT2D eigenvalue weighted by Gasteiger charge is -2.29. The second kappa shape index (κ2) is 3.96. The molecule has 84 valence electrons. The van der Waals surface area contributed by atoms with Crippen molar-refractivity contribution in [1.82, 2.24) is 0 Å². The summed E-state index contributed by atoms with van der Waals surface area (Å²) in [6.45, 7) is 0.858. The number of para-hydroxylation sites is 1. The molecule has 0 radical (unpaired) electrons. The Morgan fingerprint density at radius 1 is 1.38 bits per heavy atom. The highest BCUT2D eigenvalue weighted by Crippen LogP contribution is 2.30. The fraction of sp³-hybridized carbons (Fsp3) is 0.333. The number of aryl methyl sites for hydroxylation is 1. The molecular formula is C12H13NO3. The minimum absolute atomic E-state index is 0.298. The monoisotopic (exact) mass is 219 g/mol. The molecule has 4 nitrogen and oxygen atoms in total. The minimum atomic E-state index is -1.40. The third-order valence-corrected chi connectivity index (χ3v) is 2.88. The highest BCUT2D eigenvalue weighted by Gasteiger charge is 2.24. The van der Waals surface area contributed by atoms with E-state index in [1.807, 2.05) is 18.0 Å². The van der Waals surface area contributed by atoms with Crippen LogP contribution in [0.1, 0.15) is 22.3 Å². The van der Waals surface area contributed by atoms with E-state index in [2.05, 4.69) is 0 Å². The summed E-state index contributed by atoms with van der Waals surface area (Å²) in [4.78, 5) is 24.2. The number of hydrogen-bond donors (Lipinski definition) is 1. The topological polar surface area (TPSA) is 57.6 Å². The molecule has 0 unspecified atom stereocenters. The summed E-state index contributed by atoms with van der Waals surface area (Å²) in [6.07, 6.45) is 1.94. The zero-order chi connectivity index (χ0) is 11.7. The second-order valence-electron chi connectivity index (χ2n) is 3.97. The number of carboxylic acids is 1. The Balaban J connectivity index is 2.54. The lowest BCUT2D eigenvalue weighted by molar-refractivity contribution is -0.131. The van der Waals surface area contributed by atoms with Gasteiger partial charge >= 0.3 is 5.97 Å². The first-order valence-corrected chi connectivity index (χ1v) is 5.22. The molecular weight excluding hydrogens is 206 g/mol. The van der Waals surface area contributed by atoms with Crippen LogP contribution in [0.5, 0.6) is 0 Å². The molecule has 1 aliphatic rings. The van der Waals surface area contributed by atoms with E-state index >= 15 is 0 Å². The van der Waals surface area contributed by atoms with Gasteiger partial charge in [0.1, 0.15) is 0 Å². The third kappa shape index (κ3) is 1.66. The first-order valence-electron chi connectivity index (χ1n) is 5.22. The summed E-state index contributed by atoms with van der Waals surface area (Å²) >= 11 is 0. The van der Waals surface area contributed by atoms with Crippen LogP contribution in [-0.4, -0.2) is 30.5 Å². The largest absolute Gasteiger partial charge is 0.475 e. The normalized spacial score (nSPS) is 14.4. The molecule has 0 bridgehead atoms. The Labute approximate surface area is 93.5 Å². The molecule has 0 saturated heterocycles. The Bertz CT molecular complexity index is 454. The summed E-state index contributed by atoms with van der Waals surface area (Å²) < 4.78 is 0. The van der Waals surface area contributed by atoms with Crippen molar-refractivity contribution in [1.29, 1.82) is 0 Å². The number of carbonyl (C=O) groups is 2. The molecule has 4 heteroatoms. The SMILES string of the molecule is CN1CCCc2cccc(C(=O)C(=O)O)c21. The molecule has 1 aromatic carbocycles. The molecule has 0 saturated carbocycles. The van der Waals surface area contributed by atoms with Crippen LogP contribution in [-0.2, 0) is 11.2 Å². The predicted octanol–water partition coefficient (Wildman–Crippen LogP) is 1.34. The fourth-order valence-electron chi connectivity index (χ4n) is 2.16. The van der Waals surface area contributed by atoms with E-state index in [-0.39, 0.29) is 0 Å². The van der Waals surface area contributed by atoms with Crippen LogP contribution < -0.4 is 4.90 Å². The molecule has 16 heavy (non-hydrogen) atoms. The molecule has 2 rings (SSSR count). The fourth-order valence-corrected chi connectivity index (χ4v) is 2.16. The number of anilines is 1. The van der Waals surface area contributed by atoms with Gasteiger partial charge in [0, 0.05) is 13.6 Å². The maximum atomic E-state index is 11.5. The number of nitrogens with zero attached hydrogens (tertiary/aromatic N) is 1. The number of carboxylic acid groups (broad SMARTS) is 1. The quantitative estimate of drug-likeness (QED) is 0.602. The van der Waals surface area contributed by atoms with Crippen LogP contribution >= 0.6 is 0 Å². The van der Waals surface area contributed by atoms with E-state index in [4.69, 9.17) is 5.11 Å². The maximum absolute atomic E-state index is 11.5. The van der Waals surface area contributed by atoms with Crippen molar-refractivity contribution in [3.63, 3.8) is 0 Å². The third-order valence-electron chi connectivity index (χ3n) is 2.88. The first kappa shape index (κ1) is 10.7. The van der Waals surface area contributed by atoms with Crippen LogP contribution in [0, 0.1) is 0 Å². The van der Waals surface area contributed by atoms with Gasteiger partial charge in [-0.15, -0.1) is 0 Å². The molecule has 0 spiro atoms. The average molecular weight is 219 g/mol. The van der Waals surface area contributed by atoms with Crippen LogP contribution in [0.4, 0.5) is 5.69 Å². The molecule has 1 heterocycles. The van der Waals surface area contributed by atoms with E-state index in [1.54, 1.807) is 12.1 Å². The van der Waals surface area contributed by atoms with Crippen molar-refractivity contribution in [2.45, 2.75) is 12.8 Å². The number of rotatable bonds is 2. The van der Waals surface area contributed by atoms with Gasteiger partial charge in [0.2, 0.25) is 0 Å². The van der Waals surface area contributed by atoms with Gasteiger partial charge < -0.3 is 10.0 Å². The number of fused-ring (bicyclic) bond motifs is 1. The number of Topliss-reactive ketones (excluding diaryl/α,β-unsaturated/α-hetero) is 1. The maximum Gasteiger partial charge on any atom is 0.377 e. The van der Waals surface area contributed by atoms with Gasteiger partial charge in [-0.3, -0.25) is 4.79 Å². The zero-order valence-electron chi connectivity index (χ0n) is 9.06. The minimum Gasteiger partial charge on any atom is -0.475 e. The molecule has 0 atom stereocenters. The van der Waals surface area contributed by atoms with Gasteiger partial charge in [-0.2, -0.15) is 0 Å². The number of carbonyl (C=O) groups excluding carboxylic acids is 1. The predicted molar refractivity (Wildman–Crippen MR) is 60.0 cm³/mol. The van der Waals surface area contributed by atoms with E-state index in [9.17, 15) is 9.59 Å². The molecule has 0 amide bonds. The summed E-state index contributed by atoms with van der Waals surface area (Å²) in [5.41, 5.74) is 2.13. The first-order chi connectivity index (χ1) is 7.61. The number of benzene rings is 1. The number of hydrogen-bond acceptors (Lipinski definition) is 3. The van der Waals surface area contributed by atoms with Crippen LogP contribution in [0.15, 0.2) is 18.2 Å². The Morgan fingerprint density at radius 3 is 2.81 bits per heavy atom. The molecule has 1 aliphatic heterocycles. The van der Waals surface area contributed by atoms with Crippen molar-refractivity contribution in [2.24, 2.45) is 0 Å². The molecule has 0 aromatic heterocycles. The smallest absolute Gasteiger partial charge is 0.377 e. The van der Waals surface area contributed by atoms with Gasteiger partial charge in [-0.25, -0.2) is 4.79 Å². The van der Waals surface area contributed by atoms with Crippen molar-refractivity contribution in [3.8, 4) is 0 Å². The Morgan fingerprint density at radius 2 is 2.12 bits per heavy atom. The molecule has 0 fully saturated rings. The highest BCUT2D eigenvalue weighted by molar-refractivity contribution is 6.41. The molecule has 1 aromatic rings. The highest BCUT2D eigenvalue weighted by atomic mass is 16.4. The lowest BCUT2D eigenvalue weighted by atomic mass is 9.96. The summed E-state index contributed by atoms with van der Waals surface area (Å²) in [5, 5.41) is 8.76. The average Bonchev–Trinajstić information content (AvgIpc) is 2.27. The van der Waals surface area contributed by atoms with Crippen LogP contribution in [0.3, 0.4) is 0 Å². The second-order valence-corrected chi connectivity index (χ2v) is 3.97. The van der Waals surface area contributed by atoms with Crippen molar-refractivity contribution < 1.29 is 14.7 Å². The zero-order valence-corrected chi connectivity index (χ0v) is 9.06. The van der Waals surface area contributed by atoms with Crippen molar-refractivity contribution >= 4 is 17.4 Å². The van der Waals surface area contributed by atoms with E-state index < -0.39 is 11.8 Å². The van der Waals surface area contributed by atoms with Gasteiger partial charge in [0.05, 0.1) is 11.3 Å². The Kier molecular flexibility index (Phi) is 2.64. The molecule has 0 aliphatic carbocycles. The summed E-state index contributed by atoms with van der Waals surface area (Å²) in [7, 11) is 1.89. The molecule has 1 N–H and O–H groups in total. The van der Waals surface area contributed by atoms with Crippen molar-refractivity contribution in [2.75, 3.05) is 18.5 Å². The standard InChI is InChI=1S/C12H13NO3/c1-13-7-3-5-8-4-2-6-9(10(8)13)11(14)12(15)16/h2,4,6H,3,5,7H2,1H3,(H,15,16). The lowest BCUT2D eigenvalue weighted by Crippen LogP contribution is -2.28. The van der Waals surface area contributed by atoms with E-state index in [0.717, 1.165) is 30.6 Å². The van der Waals surface area contributed by atoms with Gasteiger partial charge in [0.15, 0.2) is 0 Å². The van der Waals surface area contributed by atoms with E-state index in [1.165, 1.54) is 0 Å². The van der Waals surface area contributed by atoms with Crippen LogP contribution in [0.25, 0.3) is 0 Å². The van der Waals surface area contributed by atoms with Crippen LogP contribution in [0.2, 0.25) is 0 Å². The van der Waals surface area contributed by atoms with Gasteiger partial charge in [-0.05, 0) is 24.5 Å². The van der Waals surface area contributed by atoms with Gasteiger partial charge in [0.25, 0.3) is 5.78 Å². The number of aliphatic carboxylic acids is 1. The number of ketones is 1. The van der Waals surface area contributed by atoms with E-state index in [0.29, 0.717) is 5.56 Å². The Hall–Kier alpha value is -1.84. The summed E-state index contributed by atoms with van der Waals surface area (Å²) in [6, 6.07) is 5.27. The van der Waals surface area contributed by atoms with Crippen molar-refractivity contribution in [3.05, 3.63) is 29.3 Å².